The Morgan fingerprint density at radius 2 is 1.92 bits per heavy atom. The van der Waals surface area contributed by atoms with Crippen molar-refractivity contribution >= 4 is 33.2 Å². The van der Waals surface area contributed by atoms with Gasteiger partial charge in [-0.2, -0.15) is 4.31 Å². The summed E-state index contributed by atoms with van der Waals surface area (Å²) in [5, 5.41) is 18.9. The van der Waals surface area contributed by atoms with Crippen LogP contribution in [0.5, 0.6) is 0 Å². The molecule has 0 aliphatic carbocycles. The van der Waals surface area contributed by atoms with Gasteiger partial charge in [-0.05, 0) is 55.7 Å². The molecule has 0 saturated heterocycles. The minimum Gasteiger partial charge on any atom is -0.391 e. The zero-order valence-corrected chi connectivity index (χ0v) is 21.4. The monoisotopic (exact) mass is 538 g/mol. The van der Waals surface area contributed by atoms with Crippen LogP contribution in [0.25, 0.3) is 0 Å². The van der Waals surface area contributed by atoms with E-state index in [1.807, 2.05) is 0 Å². The van der Waals surface area contributed by atoms with Crippen LogP contribution in [0.3, 0.4) is 0 Å². The van der Waals surface area contributed by atoms with Crippen molar-refractivity contribution in [3.05, 3.63) is 73.8 Å². The molecule has 0 radical (unpaired) electrons. The molecule has 2 heterocycles. The third-order valence-electron chi connectivity index (χ3n) is 6.35. The van der Waals surface area contributed by atoms with Gasteiger partial charge >= 0.3 is 5.76 Å². The molecule has 36 heavy (non-hydrogen) atoms. The fraction of sp³-hybridized carbons (Fsp3) is 0.348. The average molecular weight is 539 g/mol. The maximum atomic E-state index is 15.1. The predicted octanol–water partition coefficient (Wildman–Crippen LogP) is 3.31. The van der Waals surface area contributed by atoms with Gasteiger partial charge in [-0.1, -0.05) is 24.6 Å². The number of aromatic amines is 1. The first-order chi connectivity index (χ1) is 16.8. The van der Waals surface area contributed by atoms with Crippen molar-refractivity contribution in [1.29, 1.82) is 0 Å². The minimum absolute atomic E-state index is 0.0440. The van der Waals surface area contributed by atoms with Gasteiger partial charge in [0.2, 0.25) is 21.8 Å². The van der Waals surface area contributed by atoms with E-state index in [4.69, 9.17) is 16.0 Å². The second-order valence-electron chi connectivity index (χ2n) is 8.73. The topological polar surface area (TPSA) is 146 Å². The number of amides is 1. The Balaban J connectivity index is 2.01. The van der Waals surface area contributed by atoms with Gasteiger partial charge in [0.1, 0.15) is 16.8 Å². The number of aromatic nitrogens is 2. The number of aryl methyl sites for hydroxylation is 1. The molecule has 0 spiro atoms. The lowest BCUT2D eigenvalue weighted by Crippen LogP contribution is -2.41. The fourth-order valence-electron chi connectivity index (χ4n) is 4.56. The number of H-pyrrole nitrogens is 1. The summed E-state index contributed by atoms with van der Waals surface area (Å²) in [5.41, 5.74) is 1.35. The number of sulfonamides is 1. The number of aliphatic hydroxyl groups excluding tert-OH is 1. The van der Waals surface area contributed by atoms with E-state index in [1.54, 1.807) is 26.8 Å². The van der Waals surface area contributed by atoms with Gasteiger partial charge in [0.25, 0.3) is 0 Å². The summed E-state index contributed by atoms with van der Waals surface area (Å²) in [6.07, 6.45) is -1.26. The van der Waals surface area contributed by atoms with Crippen molar-refractivity contribution < 1.29 is 27.1 Å². The highest BCUT2D eigenvalue weighted by Crippen LogP contribution is 2.44. The van der Waals surface area contributed by atoms with Crippen molar-refractivity contribution in [3.63, 3.8) is 0 Å². The predicted molar refractivity (Wildman–Crippen MR) is 129 cm³/mol. The molecule has 1 aliphatic rings. The zero-order valence-electron chi connectivity index (χ0n) is 19.8. The van der Waals surface area contributed by atoms with Crippen molar-refractivity contribution in [2.45, 2.75) is 50.7 Å². The fourth-order valence-corrected chi connectivity index (χ4v) is 6.80. The maximum Gasteiger partial charge on any atom is 0.434 e. The lowest BCUT2D eigenvalue weighted by molar-refractivity contribution is -0.116. The van der Waals surface area contributed by atoms with Gasteiger partial charge in [-0.15, -0.1) is 5.10 Å². The molecule has 3 N–H and O–H groups in total. The Morgan fingerprint density at radius 3 is 2.53 bits per heavy atom. The van der Waals surface area contributed by atoms with E-state index >= 15 is 4.39 Å². The highest BCUT2D eigenvalue weighted by Gasteiger charge is 2.45. The van der Waals surface area contributed by atoms with E-state index in [2.05, 4.69) is 15.5 Å². The Labute approximate surface area is 211 Å². The number of carbonyl (C=O) groups excluding carboxylic acids is 1. The highest BCUT2D eigenvalue weighted by atomic mass is 35.5. The van der Waals surface area contributed by atoms with E-state index in [9.17, 15) is 23.1 Å². The van der Waals surface area contributed by atoms with Gasteiger partial charge in [0, 0.05) is 16.5 Å². The minimum atomic E-state index is -4.58. The molecule has 0 saturated carbocycles. The van der Waals surface area contributed by atoms with Crippen molar-refractivity contribution in [2.75, 3.05) is 11.9 Å². The van der Waals surface area contributed by atoms with E-state index in [0.717, 1.165) is 9.87 Å². The zero-order chi connectivity index (χ0) is 26.5. The molecule has 3 atom stereocenters. The van der Waals surface area contributed by atoms with Gasteiger partial charge in [0.15, 0.2) is 0 Å². The number of hydrogen-bond acceptors (Lipinski definition) is 7. The number of nitrogens with zero attached hydrogens (tertiary/aromatic N) is 2. The number of halogens is 2. The van der Waals surface area contributed by atoms with Crippen LogP contribution in [-0.4, -0.2) is 40.5 Å². The van der Waals surface area contributed by atoms with Gasteiger partial charge in [0.05, 0.1) is 18.3 Å². The summed E-state index contributed by atoms with van der Waals surface area (Å²) >= 11 is 6.12. The highest BCUT2D eigenvalue weighted by molar-refractivity contribution is 7.89. The first kappa shape index (κ1) is 26.0. The summed E-state index contributed by atoms with van der Waals surface area (Å²) in [7, 11) is -4.58. The quantitative estimate of drug-likeness (QED) is 0.451. The Morgan fingerprint density at radius 1 is 1.22 bits per heavy atom. The molecular formula is C23H24ClFN4O6S. The number of benzene rings is 2. The third kappa shape index (κ3) is 4.45. The third-order valence-corrected chi connectivity index (χ3v) is 8.52. The standard InChI is InChI=1S/C23H24ClFN4O6S/c1-10-5-6-16(25)19(11(10)2)12(3)20(22-27-28-23(32)35-22)29-9-18(31)26-17-8-14(24)7-15(13(4)30)21(17)36(29,33)34/h5-8,12-13,20,30H,9H2,1-4H3,(H,26,31)(H,28,32)/t12?,13?,20-/m0/s1. The van der Waals surface area contributed by atoms with Gasteiger partial charge in [-0.3, -0.25) is 4.79 Å². The first-order valence-corrected chi connectivity index (χ1v) is 12.8. The molecule has 0 bridgehead atoms. The van der Waals surface area contributed by atoms with Crippen LogP contribution in [0.1, 0.15) is 60.1 Å². The normalized spacial score (nSPS) is 18.1. The van der Waals surface area contributed by atoms with Crippen LogP contribution < -0.4 is 11.1 Å². The molecule has 3 aromatic rings. The Bertz CT molecular complexity index is 1520. The summed E-state index contributed by atoms with van der Waals surface area (Å²) in [6.45, 7) is 5.68. The first-order valence-electron chi connectivity index (χ1n) is 11.0. The Kier molecular flexibility index (Phi) is 6.82. The Hall–Kier alpha value is -3.06. The van der Waals surface area contributed by atoms with Crippen molar-refractivity contribution in [3.8, 4) is 0 Å². The molecule has 2 unspecified atom stereocenters. The summed E-state index contributed by atoms with van der Waals surface area (Å²) in [5.74, 6) is -3.56. The molecule has 1 aromatic heterocycles. The number of anilines is 1. The van der Waals surface area contributed by atoms with Crippen LogP contribution in [-0.2, 0) is 14.8 Å². The number of carbonyl (C=O) groups is 1. The number of rotatable bonds is 5. The van der Waals surface area contributed by atoms with E-state index < -0.39 is 52.1 Å². The van der Waals surface area contributed by atoms with E-state index in [0.29, 0.717) is 5.56 Å². The molecule has 1 amide bonds. The molecule has 192 valence electrons. The lowest BCUT2D eigenvalue weighted by atomic mass is 9.87. The van der Waals surface area contributed by atoms with Crippen molar-refractivity contribution in [1.82, 2.24) is 14.5 Å². The molecule has 13 heteroatoms. The molecule has 1 aliphatic heterocycles. The van der Waals surface area contributed by atoms with Crippen LogP contribution in [0.4, 0.5) is 10.1 Å². The average Bonchev–Trinajstić information content (AvgIpc) is 3.17. The molecule has 2 aromatic carbocycles. The van der Waals surface area contributed by atoms with Crippen LogP contribution >= 0.6 is 11.6 Å². The largest absolute Gasteiger partial charge is 0.434 e. The van der Waals surface area contributed by atoms with Crippen LogP contribution in [0.2, 0.25) is 5.02 Å². The molecular weight excluding hydrogens is 515 g/mol. The molecule has 10 nitrogen and oxygen atoms in total. The summed E-state index contributed by atoms with van der Waals surface area (Å²) < 4.78 is 49.3. The summed E-state index contributed by atoms with van der Waals surface area (Å²) in [4.78, 5) is 24.4. The van der Waals surface area contributed by atoms with Crippen LogP contribution in [0, 0.1) is 19.7 Å². The maximum absolute atomic E-state index is 15.1. The number of nitrogens with one attached hydrogen (secondary N) is 2. The van der Waals surface area contributed by atoms with Gasteiger partial charge in [-0.25, -0.2) is 22.7 Å². The van der Waals surface area contributed by atoms with Crippen LogP contribution in [0.15, 0.2) is 38.4 Å². The second kappa shape index (κ2) is 9.43. The SMILES string of the molecule is Cc1ccc(F)c(C(C)[C@@H](c2n[nH]c(=O)o2)N2CC(=O)Nc3cc(Cl)cc(C(C)O)c3S2(=O)=O)c1C. The van der Waals surface area contributed by atoms with Gasteiger partial charge < -0.3 is 14.8 Å². The smallest absolute Gasteiger partial charge is 0.391 e. The second-order valence-corrected chi connectivity index (χ2v) is 11.0. The van der Waals surface area contributed by atoms with E-state index in [1.165, 1.54) is 25.1 Å². The number of aliphatic hydroxyl groups is 1. The number of fused-ring (bicyclic) bond motifs is 1. The number of hydrogen-bond donors (Lipinski definition) is 3. The summed E-state index contributed by atoms with van der Waals surface area (Å²) in [6, 6.07) is 4.00. The van der Waals surface area contributed by atoms with E-state index in [-0.39, 0.29) is 32.6 Å². The lowest BCUT2D eigenvalue weighted by Gasteiger charge is -2.32. The molecule has 4 rings (SSSR count). The van der Waals surface area contributed by atoms with Crippen molar-refractivity contribution in [2.24, 2.45) is 0 Å². The molecule has 0 fully saturated rings.